The lowest BCUT2D eigenvalue weighted by atomic mass is 9.96. The number of sulfonamides is 1. The summed E-state index contributed by atoms with van der Waals surface area (Å²) in [5.41, 5.74) is 3.08. The molecule has 1 aliphatic heterocycles. The minimum absolute atomic E-state index is 0.128. The van der Waals surface area contributed by atoms with Crippen molar-refractivity contribution in [1.29, 1.82) is 0 Å². The standard InChI is InChI=1S/C24H24N4O6S/c1-15(29)27-35(32,33)17-9-7-16(8-10-17)25-22(30)14-34-24(31)23-18-5-3-4-6-20(18)26-21-11-12-28(2)13-19(21)23/h3-10H,11-14H2,1-2H3,(H,25,30)(H,27,29). The second kappa shape index (κ2) is 9.80. The Labute approximate surface area is 202 Å². The van der Waals surface area contributed by atoms with Crippen molar-refractivity contribution in [3.63, 3.8) is 0 Å². The molecule has 1 aliphatic rings. The van der Waals surface area contributed by atoms with Crippen LogP contribution in [0.15, 0.2) is 53.4 Å². The summed E-state index contributed by atoms with van der Waals surface area (Å²) in [5.74, 6) is -1.90. The van der Waals surface area contributed by atoms with Gasteiger partial charge in [-0.15, -0.1) is 0 Å². The number of likely N-dealkylation sites (N-methyl/N-ethyl adjacent to an activating group) is 1. The number of carbonyl (C=O) groups is 3. The Kier molecular flexibility index (Phi) is 6.81. The molecule has 10 nitrogen and oxygen atoms in total. The number of anilines is 1. The first kappa shape index (κ1) is 24.3. The van der Waals surface area contributed by atoms with Gasteiger partial charge in [0.2, 0.25) is 5.91 Å². The molecule has 0 saturated carbocycles. The molecule has 3 aromatic rings. The van der Waals surface area contributed by atoms with E-state index < -0.39 is 34.4 Å². The van der Waals surface area contributed by atoms with E-state index in [1.54, 1.807) is 0 Å². The number of esters is 1. The summed E-state index contributed by atoms with van der Waals surface area (Å²) >= 11 is 0. The molecular formula is C24H24N4O6S. The van der Waals surface area contributed by atoms with Crippen molar-refractivity contribution >= 4 is 44.4 Å². The largest absolute Gasteiger partial charge is 0.452 e. The van der Waals surface area contributed by atoms with E-state index in [-0.39, 0.29) is 4.90 Å². The first-order chi connectivity index (χ1) is 16.6. The molecule has 2 N–H and O–H groups in total. The van der Waals surface area contributed by atoms with E-state index in [4.69, 9.17) is 9.72 Å². The number of aromatic nitrogens is 1. The van der Waals surface area contributed by atoms with E-state index in [0.29, 0.717) is 35.1 Å². The van der Waals surface area contributed by atoms with Gasteiger partial charge in [-0.2, -0.15) is 0 Å². The average molecular weight is 497 g/mol. The van der Waals surface area contributed by atoms with Crippen LogP contribution in [0.25, 0.3) is 10.9 Å². The van der Waals surface area contributed by atoms with E-state index in [2.05, 4.69) is 10.2 Å². The highest BCUT2D eigenvalue weighted by molar-refractivity contribution is 7.90. The fourth-order valence-corrected chi connectivity index (χ4v) is 4.91. The highest BCUT2D eigenvalue weighted by Gasteiger charge is 2.26. The summed E-state index contributed by atoms with van der Waals surface area (Å²) in [4.78, 5) is 43.2. The van der Waals surface area contributed by atoms with Crippen LogP contribution in [0, 0.1) is 0 Å². The van der Waals surface area contributed by atoms with Crippen molar-refractivity contribution in [1.82, 2.24) is 14.6 Å². The third-order valence-corrected chi connectivity index (χ3v) is 6.95. The van der Waals surface area contributed by atoms with Crippen molar-refractivity contribution in [3.05, 3.63) is 65.4 Å². The van der Waals surface area contributed by atoms with Gasteiger partial charge in [-0.1, -0.05) is 18.2 Å². The van der Waals surface area contributed by atoms with E-state index in [0.717, 1.165) is 24.7 Å². The molecule has 2 amide bonds. The van der Waals surface area contributed by atoms with Crippen LogP contribution in [-0.4, -0.2) is 56.3 Å². The number of para-hydroxylation sites is 1. The Bertz CT molecular complexity index is 1420. The van der Waals surface area contributed by atoms with E-state index in [1.165, 1.54) is 24.3 Å². The van der Waals surface area contributed by atoms with E-state index >= 15 is 0 Å². The number of benzene rings is 2. The monoisotopic (exact) mass is 496 g/mol. The number of fused-ring (bicyclic) bond motifs is 2. The Balaban J connectivity index is 1.46. The van der Waals surface area contributed by atoms with Gasteiger partial charge in [0.1, 0.15) is 0 Å². The van der Waals surface area contributed by atoms with Crippen molar-refractivity contribution in [2.45, 2.75) is 24.8 Å². The van der Waals surface area contributed by atoms with Gasteiger partial charge in [0, 0.05) is 48.8 Å². The topological polar surface area (TPSA) is 135 Å². The molecule has 0 bridgehead atoms. The zero-order valence-corrected chi connectivity index (χ0v) is 20.0. The maximum absolute atomic E-state index is 13.1. The Morgan fingerprint density at radius 2 is 1.80 bits per heavy atom. The number of ether oxygens (including phenoxy) is 1. The van der Waals surface area contributed by atoms with Gasteiger partial charge < -0.3 is 15.0 Å². The highest BCUT2D eigenvalue weighted by atomic mass is 32.2. The molecule has 0 spiro atoms. The summed E-state index contributed by atoms with van der Waals surface area (Å²) in [7, 11) is -2.01. The zero-order chi connectivity index (χ0) is 25.2. The van der Waals surface area contributed by atoms with Gasteiger partial charge in [-0.3, -0.25) is 14.6 Å². The van der Waals surface area contributed by atoms with Crippen LogP contribution in [0.3, 0.4) is 0 Å². The van der Waals surface area contributed by atoms with E-state index in [9.17, 15) is 22.8 Å². The van der Waals surface area contributed by atoms with Gasteiger partial charge in [-0.05, 0) is 37.4 Å². The number of nitrogens with zero attached hydrogens (tertiary/aromatic N) is 2. The van der Waals surface area contributed by atoms with Crippen LogP contribution >= 0.6 is 0 Å². The molecule has 0 atom stereocenters. The highest BCUT2D eigenvalue weighted by Crippen LogP contribution is 2.28. The van der Waals surface area contributed by atoms with Crippen LogP contribution in [0.5, 0.6) is 0 Å². The SMILES string of the molecule is CC(=O)NS(=O)(=O)c1ccc(NC(=O)COC(=O)c2c3c(nc4ccccc24)CCN(C)C3)cc1. The van der Waals surface area contributed by atoms with Crippen LogP contribution in [0.2, 0.25) is 0 Å². The average Bonchev–Trinajstić information content (AvgIpc) is 2.80. The number of hydrogen-bond donors (Lipinski definition) is 2. The minimum atomic E-state index is -3.98. The van der Waals surface area contributed by atoms with Crippen molar-refractivity contribution in [2.75, 3.05) is 25.5 Å². The van der Waals surface area contributed by atoms with E-state index in [1.807, 2.05) is 36.0 Å². The minimum Gasteiger partial charge on any atom is -0.452 e. The molecule has 0 aliphatic carbocycles. The normalized spacial score (nSPS) is 13.7. The first-order valence-corrected chi connectivity index (χ1v) is 12.3. The number of carbonyl (C=O) groups excluding carboxylic acids is 3. The second-order valence-electron chi connectivity index (χ2n) is 8.23. The summed E-state index contributed by atoms with van der Waals surface area (Å²) in [6.45, 7) is 1.96. The molecule has 0 fully saturated rings. The van der Waals surface area contributed by atoms with Gasteiger partial charge >= 0.3 is 5.97 Å². The first-order valence-electron chi connectivity index (χ1n) is 10.8. The molecule has 0 saturated heterocycles. The third kappa shape index (κ3) is 5.47. The molecule has 182 valence electrons. The maximum Gasteiger partial charge on any atom is 0.339 e. The van der Waals surface area contributed by atoms with Crippen LogP contribution in [-0.2, 0) is 37.3 Å². The van der Waals surface area contributed by atoms with Crippen molar-refractivity contribution < 1.29 is 27.5 Å². The zero-order valence-electron chi connectivity index (χ0n) is 19.2. The number of hydrogen-bond acceptors (Lipinski definition) is 8. The predicted molar refractivity (Wildman–Crippen MR) is 128 cm³/mol. The lowest BCUT2D eigenvalue weighted by Gasteiger charge is -2.26. The molecule has 35 heavy (non-hydrogen) atoms. The predicted octanol–water partition coefficient (Wildman–Crippen LogP) is 1.84. The Hall–Kier alpha value is -3.83. The lowest BCUT2D eigenvalue weighted by Crippen LogP contribution is -2.30. The Morgan fingerprint density at radius 1 is 1.09 bits per heavy atom. The number of pyridine rings is 1. The quantitative estimate of drug-likeness (QED) is 0.494. The Morgan fingerprint density at radius 3 is 2.51 bits per heavy atom. The molecule has 4 rings (SSSR count). The van der Waals surface area contributed by atoms with Gasteiger partial charge in [0.25, 0.3) is 15.9 Å². The second-order valence-corrected chi connectivity index (χ2v) is 9.91. The molecule has 2 aromatic carbocycles. The fraction of sp³-hybridized carbons (Fsp3) is 0.250. The summed E-state index contributed by atoms with van der Waals surface area (Å²) in [6.07, 6.45) is 0.713. The van der Waals surface area contributed by atoms with Crippen LogP contribution < -0.4 is 10.0 Å². The van der Waals surface area contributed by atoms with Crippen molar-refractivity contribution in [3.8, 4) is 0 Å². The smallest absolute Gasteiger partial charge is 0.339 e. The molecule has 0 unspecified atom stereocenters. The van der Waals surface area contributed by atoms with Crippen LogP contribution in [0.1, 0.15) is 28.5 Å². The van der Waals surface area contributed by atoms with Gasteiger partial charge in [0.05, 0.1) is 16.0 Å². The third-order valence-electron chi connectivity index (χ3n) is 5.50. The molecule has 2 heterocycles. The molecule has 11 heteroatoms. The molecular weight excluding hydrogens is 472 g/mol. The number of amides is 2. The molecule has 0 radical (unpaired) electrons. The number of rotatable bonds is 6. The number of nitrogens with one attached hydrogen (secondary N) is 2. The summed E-state index contributed by atoms with van der Waals surface area (Å²) in [6, 6.07) is 12.6. The van der Waals surface area contributed by atoms with Crippen molar-refractivity contribution in [2.24, 2.45) is 0 Å². The lowest BCUT2D eigenvalue weighted by molar-refractivity contribution is -0.119. The van der Waals surface area contributed by atoms with Gasteiger partial charge in [0.15, 0.2) is 6.61 Å². The molecule has 1 aromatic heterocycles. The summed E-state index contributed by atoms with van der Waals surface area (Å²) in [5, 5.41) is 3.23. The van der Waals surface area contributed by atoms with Crippen LogP contribution in [0.4, 0.5) is 5.69 Å². The maximum atomic E-state index is 13.1. The summed E-state index contributed by atoms with van der Waals surface area (Å²) < 4.78 is 31.3. The van der Waals surface area contributed by atoms with Gasteiger partial charge in [-0.25, -0.2) is 17.9 Å². The fourth-order valence-electron chi connectivity index (χ4n) is 3.92.